The Kier molecular flexibility index (Phi) is 6.37. The van der Waals surface area contributed by atoms with Crippen molar-refractivity contribution in [1.29, 1.82) is 0 Å². The lowest BCUT2D eigenvalue weighted by molar-refractivity contribution is -0.116. The van der Waals surface area contributed by atoms with Gasteiger partial charge >= 0.3 is 0 Å². The third kappa shape index (κ3) is 5.29. The summed E-state index contributed by atoms with van der Waals surface area (Å²) in [5.41, 5.74) is 3.18. The molecule has 2 N–H and O–H groups in total. The molecule has 1 saturated heterocycles. The van der Waals surface area contributed by atoms with Crippen molar-refractivity contribution >= 4 is 33.2 Å². The summed E-state index contributed by atoms with van der Waals surface area (Å²) in [7, 11) is 0. The molecule has 0 saturated carbocycles. The van der Waals surface area contributed by atoms with Crippen molar-refractivity contribution in [1.82, 2.24) is 4.90 Å². The van der Waals surface area contributed by atoms with E-state index in [-0.39, 0.29) is 12.5 Å². The van der Waals surface area contributed by atoms with Gasteiger partial charge in [0.1, 0.15) is 18.5 Å². The second-order valence-corrected chi connectivity index (χ2v) is 8.51. The molecule has 2 aliphatic heterocycles. The number of carbonyl (C=O) groups is 1. The lowest BCUT2D eigenvalue weighted by atomic mass is 10.0. The Bertz CT molecular complexity index is 851. The molecule has 1 fully saturated rings. The zero-order chi connectivity index (χ0) is 20.2. The van der Waals surface area contributed by atoms with E-state index in [0.717, 1.165) is 54.1 Å². The summed E-state index contributed by atoms with van der Waals surface area (Å²) in [6, 6.07) is 14.1. The van der Waals surface area contributed by atoms with Gasteiger partial charge in [-0.25, -0.2) is 0 Å². The number of carbonyl (C=O) groups excluding carboxylic acids is 1. The number of hydrogen-bond acceptors (Lipinski definition) is 5. The minimum Gasteiger partial charge on any atom is -0.491 e. The molecule has 2 aromatic carbocycles. The quantitative estimate of drug-likeness (QED) is 0.694. The van der Waals surface area contributed by atoms with E-state index in [2.05, 4.69) is 55.3 Å². The van der Waals surface area contributed by atoms with Crippen molar-refractivity contribution < 1.29 is 14.6 Å². The molecule has 154 valence electrons. The van der Waals surface area contributed by atoms with Crippen LogP contribution in [-0.2, 0) is 11.2 Å². The van der Waals surface area contributed by atoms with Crippen molar-refractivity contribution in [2.45, 2.75) is 18.9 Å². The fourth-order valence-corrected chi connectivity index (χ4v) is 4.10. The van der Waals surface area contributed by atoms with Crippen LogP contribution >= 0.6 is 15.9 Å². The van der Waals surface area contributed by atoms with E-state index in [1.54, 1.807) is 0 Å². The predicted molar refractivity (Wildman–Crippen MR) is 118 cm³/mol. The third-order valence-corrected chi connectivity index (χ3v) is 5.98. The number of β-amino-alcohol motifs (C(OH)–C–C–N with tert-alkyl or cyclic N) is 1. The number of nitrogens with one attached hydrogen (secondary N) is 1. The number of halogens is 1. The van der Waals surface area contributed by atoms with Crippen LogP contribution in [0, 0.1) is 0 Å². The van der Waals surface area contributed by atoms with Gasteiger partial charge in [-0.05, 0) is 54.4 Å². The van der Waals surface area contributed by atoms with Gasteiger partial charge in [0.25, 0.3) is 0 Å². The minimum atomic E-state index is -0.537. The molecule has 6 nitrogen and oxygen atoms in total. The first-order chi connectivity index (χ1) is 14.1. The Labute approximate surface area is 179 Å². The van der Waals surface area contributed by atoms with Gasteiger partial charge < -0.3 is 20.1 Å². The van der Waals surface area contributed by atoms with Crippen LogP contribution in [0.4, 0.5) is 11.4 Å². The number of amides is 1. The van der Waals surface area contributed by atoms with Gasteiger partial charge in [0.05, 0.1) is 0 Å². The smallest absolute Gasteiger partial charge is 0.224 e. The topological polar surface area (TPSA) is 65.0 Å². The lowest BCUT2D eigenvalue weighted by Crippen LogP contribution is -2.49. The van der Waals surface area contributed by atoms with Crippen molar-refractivity contribution in [2.75, 3.05) is 49.5 Å². The van der Waals surface area contributed by atoms with Crippen LogP contribution in [0.15, 0.2) is 46.9 Å². The summed E-state index contributed by atoms with van der Waals surface area (Å²) in [6.45, 7) is 4.61. The average molecular weight is 460 g/mol. The number of aliphatic hydroxyl groups excluding tert-OH is 1. The van der Waals surface area contributed by atoms with Gasteiger partial charge in [-0.3, -0.25) is 9.69 Å². The molecule has 0 radical (unpaired) electrons. The van der Waals surface area contributed by atoms with Crippen molar-refractivity contribution in [3.05, 3.63) is 52.5 Å². The van der Waals surface area contributed by atoms with Crippen molar-refractivity contribution in [3.8, 4) is 5.75 Å². The highest BCUT2D eigenvalue weighted by molar-refractivity contribution is 9.10. The summed E-state index contributed by atoms with van der Waals surface area (Å²) in [5.74, 6) is 0.792. The number of nitrogens with zero attached hydrogens (tertiary/aromatic N) is 2. The standard InChI is InChI=1S/C22H26BrN3O3/c23-17-2-4-18(5-3-17)26-11-9-25(10-12-26)14-19(27)15-29-20-6-7-21-16(13-20)1-8-22(28)24-21/h2-7,13,19,27H,1,8-12,14-15H2,(H,24,28)/t19-/m0/s1. The number of aliphatic hydroxyl groups is 1. The lowest BCUT2D eigenvalue weighted by Gasteiger charge is -2.36. The molecule has 0 aromatic heterocycles. The highest BCUT2D eigenvalue weighted by atomic mass is 79.9. The molecule has 0 unspecified atom stereocenters. The third-order valence-electron chi connectivity index (χ3n) is 5.45. The molecule has 0 bridgehead atoms. The van der Waals surface area contributed by atoms with E-state index in [1.807, 2.05) is 18.2 Å². The van der Waals surface area contributed by atoms with Gasteiger partial charge in [-0.1, -0.05) is 15.9 Å². The molecule has 2 aliphatic rings. The first kappa shape index (κ1) is 20.2. The molecular formula is C22H26BrN3O3. The number of fused-ring (bicyclic) bond motifs is 1. The first-order valence-electron chi connectivity index (χ1n) is 10.0. The van der Waals surface area contributed by atoms with Crippen molar-refractivity contribution in [2.24, 2.45) is 0 Å². The maximum Gasteiger partial charge on any atom is 0.224 e. The van der Waals surface area contributed by atoms with E-state index >= 15 is 0 Å². The summed E-state index contributed by atoms with van der Waals surface area (Å²) < 4.78 is 6.89. The summed E-state index contributed by atoms with van der Waals surface area (Å²) in [6.07, 6.45) is 0.694. The molecular weight excluding hydrogens is 434 g/mol. The Morgan fingerprint density at radius 1 is 1.07 bits per heavy atom. The Morgan fingerprint density at radius 2 is 1.83 bits per heavy atom. The highest BCUT2D eigenvalue weighted by Crippen LogP contribution is 2.27. The molecule has 7 heteroatoms. The Hall–Kier alpha value is -2.09. The SMILES string of the molecule is O=C1CCc2cc(OC[C@@H](O)CN3CCN(c4ccc(Br)cc4)CC3)ccc2N1. The van der Waals surface area contributed by atoms with Gasteiger partial charge in [-0.2, -0.15) is 0 Å². The molecule has 0 aliphatic carbocycles. The number of rotatable bonds is 6. The second-order valence-electron chi connectivity index (χ2n) is 7.60. The second kappa shape index (κ2) is 9.15. The van der Waals surface area contributed by atoms with Gasteiger partial charge in [0, 0.05) is 55.0 Å². The minimum absolute atomic E-state index is 0.0572. The van der Waals surface area contributed by atoms with Crippen LogP contribution in [0.2, 0.25) is 0 Å². The van der Waals surface area contributed by atoms with E-state index in [1.165, 1.54) is 5.69 Å². The largest absolute Gasteiger partial charge is 0.491 e. The number of hydrogen-bond donors (Lipinski definition) is 2. The van der Waals surface area contributed by atoms with Crippen LogP contribution in [0.1, 0.15) is 12.0 Å². The Balaban J connectivity index is 1.22. The highest BCUT2D eigenvalue weighted by Gasteiger charge is 2.20. The summed E-state index contributed by atoms with van der Waals surface area (Å²) in [5, 5.41) is 13.3. The number of benzene rings is 2. The monoisotopic (exact) mass is 459 g/mol. The molecule has 4 rings (SSSR count). The zero-order valence-electron chi connectivity index (χ0n) is 16.3. The van der Waals surface area contributed by atoms with E-state index in [9.17, 15) is 9.90 Å². The maximum absolute atomic E-state index is 11.4. The fraction of sp³-hybridized carbons (Fsp3) is 0.409. The van der Waals surface area contributed by atoms with Crippen LogP contribution < -0.4 is 15.0 Å². The van der Waals surface area contributed by atoms with Crippen LogP contribution in [0.5, 0.6) is 5.75 Å². The van der Waals surface area contributed by atoms with Crippen LogP contribution in [-0.4, -0.2) is 61.3 Å². The van der Waals surface area contributed by atoms with Gasteiger partial charge in [0.15, 0.2) is 0 Å². The average Bonchev–Trinajstić information content (AvgIpc) is 2.73. The molecule has 1 amide bonds. The van der Waals surface area contributed by atoms with E-state index < -0.39 is 6.10 Å². The van der Waals surface area contributed by atoms with Crippen LogP contribution in [0.3, 0.4) is 0 Å². The predicted octanol–water partition coefficient (Wildman–Crippen LogP) is 2.90. The molecule has 2 aromatic rings. The zero-order valence-corrected chi connectivity index (χ0v) is 17.9. The number of anilines is 2. The summed E-state index contributed by atoms with van der Waals surface area (Å²) in [4.78, 5) is 16.1. The fourth-order valence-electron chi connectivity index (χ4n) is 3.83. The van der Waals surface area contributed by atoms with E-state index in [0.29, 0.717) is 13.0 Å². The first-order valence-corrected chi connectivity index (χ1v) is 10.8. The van der Waals surface area contributed by atoms with E-state index in [4.69, 9.17) is 4.74 Å². The molecule has 0 spiro atoms. The van der Waals surface area contributed by atoms with Gasteiger partial charge in [0.2, 0.25) is 5.91 Å². The van der Waals surface area contributed by atoms with Gasteiger partial charge in [-0.15, -0.1) is 0 Å². The molecule has 2 heterocycles. The molecule has 1 atom stereocenters. The number of piperazine rings is 1. The Morgan fingerprint density at radius 3 is 2.59 bits per heavy atom. The van der Waals surface area contributed by atoms with Crippen molar-refractivity contribution in [3.63, 3.8) is 0 Å². The molecule has 29 heavy (non-hydrogen) atoms. The van der Waals surface area contributed by atoms with Crippen LogP contribution in [0.25, 0.3) is 0 Å². The number of aryl methyl sites for hydroxylation is 1. The summed E-state index contributed by atoms with van der Waals surface area (Å²) >= 11 is 3.48. The maximum atomic E-state index is 11.4. The normalized spacial score (nSPS) is 18.1. The number of ether oxygens (including phenoxy) is 1.